The van der Waals surface area contributed by atoms with E-state index in [1.807, 2.05) is 54.6 Å². The Bertz CT molecular complexity index is 1660. The van der Waals surface area contributed by atoms with Crippen molar-refractivity contribution in [2.24, 2.45) is 11.8 Å². The third-order valence-corrected chi connectivity index (χ3v) is 7.00. The third kappa shape index (κ3) is 5.80. The van der Waals surface area contributed by atoms with E-state index in [9.17, 15) is 18.0 Å². The molecule has 3 heterocycles. The molecule has 1 aliphatic heterocycles. The number of fused-ring (bicyclic) bond motifs is 2. The largest absolute Gasteiger partial charge is 0.454 e. The van der Waals surface area contributed by atoms with Crippen LogP contribution < -0.4 is 20.3 Å². The Labute approximate surface area is 233 Å². The molecule has 1 fully saturated rings. The molecule has 0 atom stereocenters. The van der Waals surface area contributed by atoms with Crippen LogP contribution in [-0.2, 0) is 23.9 Å². The topological polar surface area (TPSA) is 95.0 Å². The van der Waals surface area contributed by atoms with Crippen molar-refractivity contribution in [1.82, 2.24) is 14.6 Å². The summed E-state index contributed by atoms with van der Waals surface area (Å²) in [5.74, 6) is 8.62. The molecule has 11 heteroatoms. The van der Waals surface area contributed by atoms with Crippen molar-refractivity contribution in [2.75, 3.05) is 11.8 Å². The van der Waals surface area contributed by atoms with Crippen LogP contribution in [0.15, 0.2) is 78.5 Å². The maximum Gasteiger partial charge on any atom is 0.422 e. The van der Waals surface area contributed by atoms with Crippen LogP contribution in [0.3, 0.4) is 0 Å². The second kappa shape index (κ2) is 10.7. The molecule has 210 valence electrons. The lowest BCUT2D eigenvalue weighted by Gasteiger charge is -2.23. The van der Waals surface area contributed by atoms with Crippen LogP contribution in [0.2, 0.25) is 0 Å². The second-order valence-electron chi connectivity index (χ2n) is 10.1. The molecule has 0 amide bonds. The molecular formula is C30H26F3N5O3. The highest BCUT2D eigenvalue weighted by molar-refractivity contribution is 6.16. The van der Waals surface area contributed by atoms with Gasteiger partial charge in [0, 0.05) is 18.2 Å². The summed E-state index contributed by atoms with van der Waals surface area (Å²) < 4.78 is 53.3. The summed E-state index contributed by atoms with van der Waals surface area (Å²) >= 11 is 0. The fraction of sp³-hybridized carbons (Fsp3) is 0.233. The highest BCUT2D eigenvalue weighted by Crippen LogP contribution is 2.40. The molecule has 0 unspecified atom stereocenters. The number of allylic oxidation sites excluding steroid dienone is 3. The van der Waals surface area contributed by atoms with E-state index < -0.39 is 11.7 Å². The maximum absolute atomic E-state index is 13.8. The Hall–Kier alpha value is -4.64. The van der Waals surface area contributed by atoms with Gasteiger partial charge in [-0.2, -0.15) is 13.2 Å². The maximum atomic E-state index is 13.8. The van der Waals surface area contributed by atoms with E-state index >= 15 is 0 Å². The van der Waals surface area contributed by atoms with Gasteiger partial charge in [-0.3, -0.25) is 9.20 Å². The number of hydrogen-bond donors (Lipinski definition) is 1. The Morgan fingerprint density at radius 2 is 1.80 bits per heavy atom. The van der Waals surface area contributed by atoms with E-state index in [0.29, 0.717) is 18.2 Å². The van der Waals surface area contributed by atoms with Gasteiger partial charge in [0.05, 0.1) is 12.2 Å². The Balaban J connectivity index is 0.000000170. The fourth-order valence-electron chi connectivity index (χ4n) is 4.64. The van der Waals surface area contributed by atoms with E-state index in [1.165, 1.54) is 10.5 Å². The summed E-state index contributed by atoms with van der Waals surface area (Å²) in [6.45, 7) is 0.428. The molecule has 2 aliphatic carbocycles. The monoisotopic (exact) mass is 561 g/mol. The van der Waals surface area contributed by atoms with Crippen molar-refractivity contribution in [1.29, 1.82) is 0 Å². The molecule has 2 aromatic carbocycles. The quantitative estimate of drug-likeness (QED) is 0.188. The number of hydrazine groups is 1. The van der Waals surface area contributed by atoms with Gasteiger partial charge in [-0.1, -0.05) is 36.4 Å². The zero-order valence-corrected chi connectivity index (χ0v) is 21.8. The van der Waals surface area contributed by atoms with Gasteiger partial charge in [0.1, 0.15) is 11.4 Å². The minimum absolute atomic E-state index is 0.0765. The summed E-state index contributed by atoms with van der Waals surface area (Å²) in [5.41, 5.74) is 1.33. The third-order valence-electron chi connectivity index (χ3n) is 7.00. The Morgan fingerprint density at radius 3 is 2.49 bits per heavy atom. The van der Waals surface area contributed by atoms with Crippen molar-refractivity contribution in [3.8, 4) is 11.5 Å². The molecule has 0 saturated heterocycles. The van der Waals surface area contributed by atoms with Crippen molar-refractivity contribution in [3.63, 3.8) is 0 Å². The Kier molecular flexibility index (Phi) is 6.96. The lowest BCUT2D eigenvalue weighted by molar-refractivity contribution is -0.136. The second-order valence-corrected chi connectivity index (χ2v) is 10.1. The van der Waals surface area contributed by atoms with Crippen molar-refractivity contribution in [3.05, 3.63) is 101 Å². The number of carbonyl (C=O) groups is 1. The Morgan fingerprint density at radius 1 is 1.02 bits per heavy atom. The summed E-state index contributed by atoms with van der Waals surface area (Å²) in [6.07, 6.45) is 5.00. The average molecular weight is 562 g/mol. The first-order valence-electron chi connectivity index (χ1n) is 13.1. The van der Waals surface area contributed by atoms with Crippen molar-refractivity contribution >= 4 is 23.2 Å². The van der Waals surface area contributed by atoms with Gasteiger partial charge in [-0.25, -0.2) is 5.84 Å². The van der Waals surface area contributed by atoms with Gasteiger partial charge in [0.25, 0.3) is 0 Å². The normalized spacial score (nSPS) is 16.5. The van der Waals surface area contributed by atoms with E-state index in [4.69, 9.17) is 15.3 Å². The van der Waals surface area contributed by atoms with Gasteiger partial charge in [0.15, 0.2) is 22.9 Å². The predicted molar refractivity (Wildman–Crippen MR) is 146 cm³/mol. The average Bonchev–Trinajstić information content (AvgIpc) is 3.49. The summed E-state index contributed by atoms with van der Waals surface area (Å²) in [6, 6.07) is 16.1. The number of nitrogens with two attached hydrogens (primary N) is 1. The molecule has 1 saturated carbocycles. The smallest absolute Gasteiger partial charge is 0.422 e. The molecule has 0 radical (unpaired) electrons. The first-order valence-corrected chi connectivity index (χ1v) is 13.1. The standard InChI is InChI=1S/C18H18F3N5.C12H8O3/c19-18(20,21)16-14(26(22)11-13-4-2-1-3-5-13)8-9-25-15(10-12-6-7-12)23-24-17(16)25;13-10-3-2-9(10)5-8-1-4-11-12(6-8)15-7-14-11/h1-5,8-9,12H,6-7,10-11,22H2;1-6H,7H2. The summed E-state index contributed by atoms with van der Waals surface area (Å²) in [4.78, 5) is 11.1. The van der Waals surface area contributed by atoms with E-state index in [2.05, 4.69) is 10.2 Å². The number of rotatable bonds is 6. The molecule has 8 nitrogen and oxygen atoms in total. The number of halogens is 3. The zero-order chi connectivity index (χ0) is 28.6. The molecule has 3 aliphatic rings. The minimum atomic E-state index is -4.59. The number of nitrogens with zero attached hydrogens (tertiary/aromatic N) is 4. The molecule has 2 aromatic heterocycles. The molecule has 0 spiro atoms. The predicted octanol–water partition coefficient (Wildman–Crippen LogP) is 5.52. The summed E-state index contributed by atoms with van der Waals surface area (Å²) in [7, 11) is 0. The number of benzene rings is 2. The highest BCUT2D eigenvalue weighted by Gasteiger charge is 2.39. The van der Waals surface area contributed by atoms with Crippen LogP contribution in [0.25, 0.3) is 11.7 Å². The number of ether oxygens (including phenoxy) is 2. The minimum Gasteiger partial charge on any atom is -0.454 e. The molecule has 4 aromatic rings. The number of aromatic nitrogens is 3. The first kappa shape index (κ1) is 26.6. The molecular weight excluding hydrogens is 535 g/mol. The van der Waals surface area contributed by atoms with Gasteiger partial charge >= 0.3 is 6.18 Å². The zero-order valence-electron chi connectivity index (χ0n) is 21.8. The number of pyridine rings is 1. The SMILES string of the molecule is NN(Cc1ccccc1)c1ccn2c(CC3CC3)nnc2c1C(F)(F)F.O=C1C=CC1=Cc1ccc2c(c1)OCO2. The molecule has 7 rings (SSSR count). The lowest BCUT2D eigenvalue weighted by Crippen LogP contribution is -2.32. The van der Waals surface area contributed by atoms with E-state index in [1.54, 1.807) is 18.3 Å². The highest BCUT2D eigenvalue weighted by atomic mass is 19.4. The van der Waals surface area contributed by atoms with E-state index in [0.717, 1.165) is 46.0 Å². The van der Waals surface area contributed by atoms with Crippen LogP contribution >= 0.6 is 0 Å². The number of hydrogen-bond acceptors (Lipinski definition) is 7. The van der Waals surface area contributed by atoms with Crippen LogP contribution in [0.1, 0.15) is 35.4 Å². The van der Waals surface area contributed by atoms with Crippen LogP contribution in [0.5, 0.6) is 11.5 Å². The van der Waals surface area contributed by atoms with Gasteiger partial charge in [-0.05, 0) is 66.3 Å². The van der Waals surface area contributed by atoms with E-state index in [-0.39, 0.29) is 30.5 Å². The van der Waals surface area contributed by atoms with Gasteiger partial charge < -0.3 is 14.5 Å². The number of ketones is 1. The van der Waals surface area contributed by atoms with Crippen molar-refractivity contribution in [2.45, 2.75) is 32.0 Å². The van der Waals surface area contributed by atoms with Crippen LogP contribution in [0.4, 0.5) is 18.9 Å². The van der Waals surface area contributed by atoms with Crippen LogP contribution in [0, 0.1) is 5.92 Å². The lowest BCUT2D eigenvalue weighted by atomic mass is 9.98. The number of anilines is 1. The molecule has 41 heavy (non-hydrogen) atoms. The number of alkyl halides is 3. The fourth-order valence-corrected chi connectivity index (χ4v) is 4.64. The summed E-state index contributed by atoms with van der Waals surface area (Å²) in [5, 5.41) is 8.92. The first-order chi connectivity index (χ1) is 19.8. The number of carbonyl (C=O) groups excluding carboxylic acids is 1. The molecule has 2 N–H and O–H groups in total. The molecule has 0 bridgehead atoms. The van der Waals surface area contributed by atoms with Gasteiger partial charge in [-0.15, -0.1) is 10.2 Å². The van der Waals surface area contributed by atoms with Crippen molar-refractivity contribution < 1.29 is 27.4 Å². The van der Waals surface area contributed by atoms with Crippen LogP contribution in [-0.4, -0.2) is 27.2 Å². The van der Waals surface area contributed by atoms with Gasteiger partial charge in [0.2, 0.25) is 6.79 Å².